The van der Waals surface area contributed by atoms with E-state index in [1.54, 1.807) is 42.5 Å². The van der Waals surface area contributed by atoms with Crippen LogP contribution in [-0.4, -0.2) is 27.5 Å². The van der Waals surface area contributed by atoms with Crippen molar-refractivity contribution in [3.63, 3.8) is 0 Å². The van der Waals surface area contributed by atoms with Gasteiger partial charge in [-0.3, -0.25) is 4.72 Å². The molecule has 5 rings (SSSR count). The number of nitrogens with one attached hydrogen (secondary N) is 3. The summed E-state index contributed by atoms with van der Waals surface area (Å²) in [7, 11) is -2.47. The number of sulfonamides is 1. The van der Waals surface area contributed by atoms with Crippen LogP contribution < -0.4 is 20.1 Å². The molecule has 10 heteroatoms. The lowest BCUT2D eigenvalue weighted by molar-refractivity contribution is 0.0594. The van der Waals surface area contributed by atoms with E-state index >= 15 is 0 Å². The highest BCUT2D eigenvalue weighted by atomic mass is 32.2. The summed E-state index contributed by atoms with van der Waals surface area (Å²) in [6, 6.07) is 37.6. The van der Waals surface area contributed by atoms with Crippen molar-refractivity contribution in [2.24, 2.45) is 0 Å². The topological polar surface area (TPSA) is 123 Å². The Morgan fingerprint density at radius 2 is 1.14 bits per heavy atom. The zero-order chi connectivity index (χ0) is 30.9. The molecular weight excluding hydrogens is 578 g/mol. The van der Waals surface area contributed by atoms with E-state index in [9.17, 15) is 18.0 Å². The van der Waals surface area contributed by atoms with Crippen LogP contribution in [0.5, 0.6) is 5.75 Å². The highest BCUT2D eigenvalue weighted by Crippen LogP contribution is 2.32. The van der Waals surface area contributed by atoms with Crippen LogP contribution in [0.1, 0.15) is 27.6 Å². The van der Waals surface area contributed by atoms with Crippen molar-refractivity contribution in [1.29, 1.82) is 0 Å². The SMILES string of the molecule is COC(=O)c1cc(NC(=O)Nc2ccc(NS(=O)(=O)c3ccccc3)cc2)ccc1OC(c1ccccc1)c1ccccc1. The molecule has 0 heterocycles. The Morgan fingerprint density at radius 1 is 0.636 bits per heavy atom. The van der Waals surface area contributed by atoms with Gasteiger partial charge in [0, 0.05) is 17.1 Å². The van der Waals surface area contributed by atoms with Gasteiger partial charge >= 0.3 is 12.0 Å². The molecule has 0 aromatic heterocycles. The van der Waals surface area contributed by atoms with Crippen LogP contribution in [0.15, 0.2) is 138 Å². The number of methoxy groups -OCH3 is 1. The lowest BCUT2D eigenvalue weighted by atomic mass is 10.0. The summed E-state index contributed by atoms with van der Waals surface area (Å²) >= 11 is 0. The lowest BCUT2D eigenvalue weighted by Crippen LogP contribution is -2.20. The van der Waals surface area contributed by atoms with E-state index in [2.05, 4.69) is 15.4 Å². The molecule has 0 radical (unpaired) electrons. The molecule has 44 heavy (non-hydrogen) atoms. The zero-order valence-corrected chi connectivity index (χ0v) is 24.5. The second-order valence-electron chi connectivity index (χ2n) is 9.60. The number of carbonyl (C=O) groups excluding carboxylic acids is 2. The van der Waals surface area contributed by atoms with Crippen LogP contribution in [0.4, 0.5) is 21.9 Å². The molecule has 3 N–H and O–H groups in total. The number of rotatable bonds is 10. The molecule has 9 nitrogen and oxygen atoms in total. The molecule has 222 valence electrons. The maximum Gasteiger partial charge on any atom is 0.341 e. The number of benzene rings is 5. The Bertz CT molecular complexity index is 1790. The first-order valence-electron chi connectivity index (χ1n) is 13.6. The van der Waals surface area contributed by atoms with E-state index in [1.807, 2.05) is 60.7 Å². The number of amides is 2. The molecule has 0 aliphatic carbocycles. The van der Waals surface area contributed by atoms with Crippen LogP contribution in [-0.2, 0) is 14.8 Å². The van der Waals surface area contributed by atoms with Gasteiger partial charge in [-0.05, 0) is 65.7 Å². The molecule has 0 unspecified atom stereocenters. The number of anilines is 3. The lowest BCUT2D eigenvalue weighted by Gasteiger charge is -2.22. The standard InChI is InChI=1S/C34H29N3O6S/c1-42-33(38)30-23-28(21-22-31(30)43-32(24-11-5-2-6-12-24)25-13-7-3-8-14-25)36-34(39)35-26-17-19-27(20-18-26)37-44(40,41)29-15-9-4-10-16-29/h2-23,32,37H,1H3,(H2,35,36,39). The van der Waals surface area contributed by atoms with Crippen molar-refractivity contribution in [2.45, 2.75) is 11.0 Å². The minimum absolute atomic E-state index is 0.136. The maximum atomic E-state index is 12.8. The molecule has 0 fully saturated rings. The fraction of sp³-hybridized carbons (Fsp3) is 0.0588. The van der Waals surface area contributed by atoms with E-state index in [0.717, 1.165) is 11.1 Å². The van der Waals surface area contributed by atoms with Crippen molar-refractivity contribution < 1.29 is 27.5 Å². The van der Waals surface area contributed by atoms with Gasteiger partial charge in [0.25, 0.3) is 10.0 Å². The summed E-state index contributed by atoms with van der Waals surface area (Å²) in [5.74, 6) is -0.341. The summed E-state index contributed by atoms with van der Waals surface area (Å²) in [6.07, 6.45) is -0.497. The average Bonchev–Trinajstić information content (AvgIpc) is 3.05. The molecule has 0 aliphatic rings. The minimum Gasteiger partial charge on any atom is -0.480 e. The van der Waals surface area contributed by atoms with Crippen LogP contribution in [0.2, 0.25) is 0 Å². The third kappa shape index (κ3) is 7.42. The van der Waals surface area contributed by atoms with Gasteiger partial charge in [0.2, 0.25) is 0 Å². The largest absolute Gasteiger partial charge is 0.480 e. The maximum absolute atomic E-state index is 12.8. The molecule has 0 spiro atoms. The van der Waals surface area contributed by atoms with Crippen molar-refractivity contribution in [3.05, 3.63) is 150 Å². The summed E-state index contributed by atoms with van der Waals surface area (Å²) in [4.78, 5) is 25.7. The summed E-state index contributed by atoms with van der Waals surface area (Å²) in [6.45, 7) is 0. The van der Waals surface area contributed by atoms with Crippen molar-refractivity contribution in [3.8, 4) is 5.75 Å². The average molecular weight is 608 g/mol. The predicted molar refractivity (Wildman–Crippen MR) is 169 cm³/mol. The quantitative estimate of drug-likeness (QED) is 0.146. The number of urea groups is 1. The summed E-state index contributed by atoms with van der Waals surface area (Å²) in [5.41, 5.74) is 3.02. The van der Waals surface area contributed by atoms with E-state index in [0.29, 0.717) is 17.1 Å². The molecule has 0 saturated heterocycles. The van der Waals surface area contributed by atoms with E-state index in [-0.39, 0.29) is 16.2 Å². The van der Waals surface area contributed by atoms with Gasteiger partial charge < -0.3 is 20.1 Å². The number of hydrogen-bond acceptors (Lipinski definition) is 6. The van der Waals surface area contributed by atoms with Crippen molar-refractivity contribution in [1.82, 2.24) is 0 Å². The number of hydrogen-bond donors (Lipinski definition) is 3. The zero-order valence-electron chi connectivity index (χ0n) is 23.6. The molecule has 0 atom stereocenters. The van der Waals surface area contributed by atoms with E-state index < -0.39 is 28.1 Å². The van der Waals surface area contributed by atoms with Crippen LogP contribution in [0, 0.1) is 0 Å². The summed E-state index contributed by atoms with van der Waals surface area (Å²) in [5, 5.41) is 5.39. The van der Waals surface area contributed by atoms with Crippen LogP contribution in [0.25, 0.3) is 0 Å². The Morgan fingerprint density at radius 3 is 1.70 bits per heavy atom. The third-order valence-electron chi connectivity index (χ3n) is 6.54. The Kier molecular flexibility index (Phi) is 9.22. The van der Waals surface area contributed by atoms with Crippen LogP contribution >= 0.6 is 0 Å². The minimum atomic E-state index is -3.74. The second-order valence-corrected chi connectivity index (χ2v) is 11.3. The fourth-order valence-corrected chi connectivity index (χ4v) is 5.50. The highest BCUT2D eigenvalue weighted by molar-refractivity contribution is 7.92. The molecule has 5 aromatic carbocycles. The Labute approximate surface area is 255 Å². The molecule has 2 amide bonds. The third-order valence-corrected chi connectivity index (χ3v) is 7.94. The van der Waals surface area contributed by atoms with Gasteiger partial charge in [0.15, 0.2) is 0 Å². The molecular formula is C34H29N3O6S. The monoisotopic (exact) mass is 607 g/mol. The Hall–Kier alpha value is -5.61. The molecule has 0 bridgehead atoms. The van der Waals surface area contributed by atoms with E-state index in [4.69, 9.17) is 9.47 Å². The van der Waals surface area contributed by atoms with Crippen LogP contribution in [0.3, 0.4) is 0 Å². The van der Waals surface area contributed by atoms with Gasteiger partial charge in [0.1, 0.15) is 17.4 Å². The molecule has 0 saturated carbocycles. The Balaban J connectivity index is 1.29. The van der Waals surface area contributed by atoms with E-state index in [1.165, 1.54) is 37.4 Å². The fourth-order valence-electron chi connectivity index (χ4n) is 4.42. The second kappa shape index (κ2) is 13.6. The smallest absolute Gasteiger partial charge is 0.341 e. The van der Waals surface area contributed by atoms with Gasteiger partial charge in [-0.15, -0.1) is 0 Å². The first-order chi connectivity index (χ1) is 21.3. The number of carbonyl (C=O) groups is 2. The van der Waals surface area contributed by atoms with Crippen molar-refractivity contribution >= 4 is 39.1 Å². The first-order valence-corrected chi connectivity index (χ1v) is 15.1. The predicted octanol–water partition coefficient (Wildman–Crippen LogP) is 7.09. The highest BCUT2D eigenvalue weighted by Gasteiger charge is 2.21. The molecule has 5 aromatic rings. The van der Waals surface area contributed by atoms with Gasteiger partial charge in [-0.25, -0.2) is 18.0 Å². The molecule has 0 aliphatic heterocycles. The van der Waals surface area contributed by atoms with Gasteiger partial charge in [0.05, 0.1) is 12.0 Å². The number of ether oxygens (including phenoxy) is 2. The van der Waals surface area contributed by atoms with Gasteiger partial charge in [-0.2, -0.15) is 0 Å². The first kappa shape index (κ1) is 29.9. The number of esters is 1. The summed E-state index contributed by atoms with van der Waals surface area (Å²) < 4.78 is 39.0. The van der Waals surface area contributed by atoms with Crippen molar-refractivity contribution in [2.75, 3.05) is 22.5 Å². The van der Waals surface area contributed by atoms with Gasteiger partial charge in [-0.1, -0.05) is 78.9 Å². The normalized spacial score (nSPS) is 11.0.